The van der Waals surface area contributed by atoms with E-state index < -0.39 is 24.0 Å². The highest BCUT2D eigenvalue weighted by Gasteiger charge is 2.27. The zero-order valence-electron chi connectivity index (χ0n) is 11.1. The monoisotopic (exact) mass is 290 g/mol. The van der Waals surface area contributed by atoms with Crippen molar-refractivity contribution >= 4 is 11.4 Å². The summed E-state index contributed by atoms with van der Waals surface area (Å²) in [6, 6.07) is 3.73. The summed E-state index contributed by atoms with van der Waals surface area (Å²) < 4.78 is 31.2. The first-order valence-corrected chi connectivity index (χ1v) is 5.92. The second-order valence-corrected chi connectivity index (χ2v) is 4.51. The molecular formula is C12H16F2N2O4. The third kappa shape index (κ3) is 4.96. The van der Waals surface area contributed by atoms with Gasteiger partial charge >= 0.3 is 0 Å². The average molecular weight is 290 g/mol. The van der Waals surface area contributed by atoms with Gasteiger partial charge in [0.15, 0.2) is 0 Å². The number of nitrogens with one attached hydrogen (secondary N) is 1. The zero-order valence-corrected chi connectivity index (χ0v) is 11.1. The zero-order chi connectivity index (χ0) is 15.3. The number of benzene rings is 1. The van der Waals surface area contributed by atoms with E-state index in [4.69, 9.17) is 9.84 Å². The minimum atomic E-state index is -3.30. The number of nitro groups is 1. The lowest BCUT2D eigenvalue weighted by atomic mass is 10.2. The number of anilines is 1. The normalized spacial score (nSPS) is 11.5. The number of aliphatic hydroxyl groups excluding tert-OH is 1. The molecule has 0 amide bonds. The van der Waals surface area contributed by atoms with Crippen molar-refractivity contribution in [3.8, 4) is 5.75 Å². The Balaban J connectivity index is 2.94. The Morgan fingerprint density at radius 1 is 1.45 bits per heavy atom. The van der Waals surface area contributed by atoms with Gasteiger partial charge in [-0.1, -0.05) is 0 Å². The molecule has 0 bridgehead atoms. The third-order valence-corrected chi connectivity index (χ3v) is 2.26. The molecule has 1 aromatic carbocycles. The van der Waals surface area contributed by atoms with Crippen molar-refractivity contribution in [1.29, 1.82) is 0 Å². The molecule has 0 aliphatic heterocycles. The Bertz CT molecular complexity index is 481. The van der Waals surface area contributed by atoms with E-state index in [-0.39, 0.29) is 23.2 Å². The van der Waals surface area contributed by atoms with Crippen LogP contribution >= 0.6 is 0 Å². The van der Waals surface area contributed by atoms with Crippen LogP contribution in [0.1, 0.15) is 13.8 Å². The highest BCUT2D eigenvalue weighted by Crippen LogP contribution is 2.27. The van der Waals surface area contributed by atoms with Gasteiger partial charge in [-0.3, -0.25) is 10.1 Å². The van der Waals surface area contributed by atoms with E-state index in [1.807, 2.05) is 0 Å². The minimum absolute atomic E-state index is 0.128. The number of nitrogens with zero attached hydrogens (tertiary/aromatic N) is 1. The molecule has 0 fully saturated rings. The first kappa shape index (κ1) is 16.1. The van der Waals surface area contributed by atoms with Gasteiger partial charge in [0, 0.05) is 17.8 Å². The maximum atomic E-state index is 12.9. The molecule has 2 N–H and O–H groups in total. The van der Waals surface area contributed by atoms with Crippen LogP contribution in [0.15, 0.2) is 18.2 Å². The van der Waals surface area contributed by atoms with Crippen molar-refractivity contribution in [2.24, 2.45) is 0 Å². The van der Waals surface area contributed by atoms with Crippen LogP contribution in [-0.2, 0) is 0 Å². The van der Waals surface area contributed by atoms with E-state index in [1.165, 1.54) is 12.1 Å². The van der Waals surface area contributed by atoms with E-state index >= 15 is 0 Å². The molecule has 0 spiro atoms. The molecule has 6 nitrogen and oxygen atoms in total. The van der Waals surface area contributed by atoms with Gasteiger partial charge in [-0.25, -0.2) is 8.78 Å². The highest BCUT2D eigenvalue weighted by molar-refractivity contribution is 5.56. The number of halogens is 2. The van der Waals surface area contributed by atoms with Gasteiger partial charge in [-0.2, -0.15) is 0 Å². The average Bonchev–Trinajstić information content (AvgIpc) is 2.35. The molecule has 0 saturated heterocycles. The Morgan fingerprint density at radius 2 is 2.10 bits per heavy atom. The summed E-state index contributed by atoms with van der Waals surface area (Å²) in [4.78, 5) is 10.1. The lowest BCUT2D eigenvalue weighted by Gasteiger charge is -2.16. The molecule has 1 aromatic rings. The fourth-order valence-corrected chi connectivity index (χ4v) is 1.42. The van der Waals surface area contributed by atoms with E-state index in [2.05, 4.69) is 5.32 Å². The summed E-state index contributed by atoms with van der Waals surface area (Å²) in [5, 5.41) is 21.6. The first-order valence-electron chi connectivity index (χ1n) is 5.92. The van der Waals surface area contributed by atoms with Gasteiger partial charge in [0.25, 0.3) is 11.6 Å². The van der Waals surface area contributed by atoms with Crippen LogP contribution in [-0.4, -0.2) is 35.2 Å². The standard InChI is InChI=1S/C12H16F2N2O4/c1-8(2)20-11-4-9(3-10(5-11)16(18)19)15-6-12(13,14)7-17/h3-5,8,15,17H,6-7H2,1-2H3. The van der Waals surface area contributed by atoms with Crippen LogP contribution < -0.4 is 10.1 Å². The summed E-state index contributed by atoms with van der Waals surface area (Å²) in [6.07, 6.45) is -0.205. The Hall–Kier alpha value is -1.96. The molecule has 0 aromatic heterocycles. The molecule has 0 heterocycles. The van der Waals surface area contributed by atoms with Crippen molar-refractivity contribution in [3.63, 3.8) is 0 Å². The van der Waals surface area contributed by atoms with E-state index in [1.54, 1.807) is 13.8 Å². The summed E-state index contributed by atoms with van der Waals surface area (Å²) >= 11 is 0. The maximum Gasteiger partial charge on any atom is 0.287 e. The summed E-state index contributed by atoms with van der Waals surface area (Å²) in [6.45, 7) is 1.35. The minimum Gasteiger partial charge on any atom is -0.491 e. The summed E-state index contributed by atoms with van der Waals surface area (Å²) in [7, 11) is 0. The molecule has 0 aliphatic rings. The second kappa shape index (κ2) is 6.47. The third-order valence-electron chi connectivity index (χ3n) is 2.26. The number of ether oxygens (including phenoxy) is 1. The van der Waals surface area contributed by atoms with Crippen molar-refractivity contribution in [2.45, 2.75) is 25.9 Å². The molecule has 0 atom stereocenters. The number of hydrogen-bond donors (Lipinski definition) is 2. The molecule has 20 heavy (non-hydrogen) atoms. The molecule has 112 valence electrons. The molecule has 0 aliphatic carbocycles. The fraction of sp³-hybridized carbons (Fsp3) is 0.500. The number of rotatable bonds is 7. The van der Waals surface area contributed by atoms with E-state index in [9.17, 15) is 18.9 Å². The van der Waals surface area contributed by atoms with Crippen molar-refractivity contribution < 1.29 is 23.5 Å². The molecule has 8 heteroatoms. The summed E-state index contributed by atoms with van der Waals surface area (Å²) in [5.41, 5.74) is -0.138. The lowest BCUT2D eigenvalue weighted by molar-refractivity contribution is -0.384. The smallest absolute Gasteiger partial charge is 0.287 e. The Labute approximate surface area is 114 Å². The van der Waals surface area contributed by atoms with E-state index in [0.29, 0.717) is 0 Å². The molecule has 0 radical (unpaired) electrons. The summed E-state index contributed by atoms with van der Waals surface area (Å²) in [5.74, 6) is -3.09. The molecule has 0 saturated carbocycles. The number of nitro benzene ring substituents is 1. The van der Waals surface area contributed by atoms with Gasteiger partial charge < -0.3 is 15.2 Å². The predicted molar refractivity (Wildman–Crippen MR) is 69.4 cm³/mol. The Morgan fingerprint density at radius 3 is 2.60 bits per heavy atom. The van der Waals surface area contributed by atoms with E-state index in [0.717, 1.165) is 6.07 Å². The number of aliphatic hydroxyl groups is 1. The predicted octanol–water partition coefficient (Wildman–Crippen LogP) is 2.42. The molecule has 1 rings (SSSR count). The topological polar surface area (TPSA) is 84.6 Å². The number of hydrogen-bond acceptors (Lipinski definition) is 5. The van der Waals surface area contributed by atoms with Crippen LogP contribution in [0.3, 0.4) is 0 Å². The molecule has 0 unspecified atom stereocenters. The van der Waals surface area contributed by atoms with Crippen LogP contribution in [0.25, 0.3) is 0 Å². The fourth-order valence-electron chi connectivity index (χ4n) is 1.42. The quantitative estimate of drug-likeness (QED) is 0.595. The van der Waals surface area contributed by atoms with Crippen LogP contribution in [0, 0.1) is 10.1 Å². The first-order chi connectivity index (χ1) is 9.23. The van der Waals surface area contributed by atoms with Crippen LogP contribution in [0.5, 0.6) is 5.75 Å². The van der Waals surface area contributed by atoms with Gasteiger partial charge in [-0.15, -0.1) is 0 Å². The van der Waals surface area contributed by atoms with Crippen LogP contribution in [0.2, 0.25) is 0 Å². The van der Waals surface area contributed by atoms with Crippen molar-refractivity contribution in [2.75, 3.05) is 18.5 Å². The van der Waals surface area contributed by atoms with Gasteiger partial charge in [0.2, 0.25) is 0 Å². The van der Waals surface area contributed by atoms with Gasteiger partial charge in [-0.05, 0) is 13.8 Å². The molecular weight excluding hydrogens is 274 g/mol. The van der Waals surface area contributed by atoms with Gasteiger partial charge in [0.05, 0.1) is 23.6 Å². The van der Waals surface area contributed by atoms with Crippen molar-refractivity contribution in [1.82, 2.24) is 0 Å². The SMILES string of the molecule is CC(C)Oc1cc(NCC(F)(F)CO)cc([N+](=O)[O-])c1. The number of alkyl halides is 2. The van der Waals surface area contributed by atoms with Gasteiger partial charge in [0.1, 0.15) is 12.4 Å². The largest absolute Gasteiger partial charge is 0.491 e. The second-order valence-electron chi connectivity index (χ2n) is 4.51. The van der Waals surface area contributed by atoms with Crippen molar-refractivity contribution in [3.05, 3.63) is 28.3 Å². The highest BCUT2D eigenvalue weighted by atomic mass is 19.3. The maximum absolute atomic E-state index is 12.9. The lowest BCUT2D eigenvalue weighted by Crippen LogP contribution is -2.31. The Kier molecular flexibility index (Phi) is 5.20. The number of non-ortho nitro benzene ring substituents is 1. The van der Waals surface area contributed by atoms with Crippen LogP contribution in [0.4, 0.5) is 20.2 Å².